The number of benzene rings is 1. The number of carbonyl (C=O) groups excluding carboxylic acids is 2. The van der Waals surface area contributed by atoms with Crippen LogP contribution < -0.4 is 10.0 Å². The lowest BCUT2D eigenvalue weighted by atomic mass is 10.1. The molecule has 0 radical (unpaired) electrons. The lowest BCUT2D eigenvalue weighted by Gasteiger charge is -2.35. The third-order valence-corrected chi connectivity index (χ3v) is 5.12. The van der Waals surface area contributed by atoms with Crippen LogP contribution in [0, 0.1) is 6.92 Å². The molecule has 0 spiro atoms. The van der Waals surface area contributed by atoms with Crippen molar-refractivity contribution in [1.29, 1.82) is 0 Å². The maximum absolute atomic E-state index is 12.4. The van der Waals surface area contributed by atoms with Crippen molar-refractivity contribution >= 4 is 27.7 Å². The quantitative estimate of drug-likeness (QED) is 0.696. The summed E-state index contributed by atoms with van der Waals surface area (Å²) < 4.78 is 30.7. The third-order valence-electron chi connectivity index (χ3n) is 4.53. The van der Waals surface area contributed by atoms with Gasteiger partial charge in [-0.05, 0) is 45.4 Å². The molecule has 1 aromatic rings. The Kier molecular flexibility index (Phi) is 7.70. The van der Waals surface area contributed by atoms with Gasteiger partial charge in [0.15, 0.2) is 0 Å². The van der Waals surface area contributed by atoms with Crippen LogP contribution in [0.3, 0.4) is 0 Å². The molecular formula is C20H32N4O5S. The number of anilines is 1. The van der Waals surface area contributed by atoms with Crippen LogP contribution in [-0.4, -0.2) is 81.3 Å². The second-order valence-electron chi connectivity index (χ2n) is 8.47. The fraction of sp³-hybridized carbons (Fsp3) is 0.600. The molecule has 0 atom stereocenters. The van der Waals surface area contributed by atoms with Crippen molar-refractivity contribution in [2.45, 2.75) is 33.3 Å². The number of ether oxygens (including phenoxy) is 1. The Balaban J connectivity index is 1.79. The number of nitrogens with one attached hydrogen (secondary N) is 2. The number of piperazine rings is 1. The first-order valence-corrected chi connectivity index (χ1v) is 11.8. The largest absolute Gasteiger partial charge is 0.444 e. The SMILES string of the molecule is Cc1ccc(C(=O)NCCN2CCN(C(=O)OC(C)(C)C)CC2)cc1NS(C)(=O)=O. The number of amides is 2. The van der Waals surface area contributed by atoms with E-state index in [9.17, 15) is 18.0 Å². The predicted octanol–water partition coefficient (Wildman–Crippen LogP) is 1.65. The topological polar surface area (TPSA) is 108 Å². The summed E-state index contributed by atoms with van der Waals surface area (Å²) in [5, 5.41) is 2.86. The van der Waals surface area contributed by atoms with Crippen LogP contribution in [0.2, 0.25) is 0 Å². The zero-order valence-corrected chi connectivity index (χ0v) is 19.1. The molecule has 168 valence electrons. The van der Waals surface area contributed by atoms with Gasteiger partial charge in [0.2, 0.25) is 10.0 Å². The number of sulfonamides is 1. The minimum Gasteiger partial charge on any atom is -0.444 e. The van der Waals surface area contributed by atoms with Gasteiger partial charge in [-0.25, -0.2) is 13.2 Å². The fourth-order valence-electron chi connectivity index (χ4n) is 2.98. The summed E-state index contributed by atoms with van der Waals surface area (Å²) >= 11 is 0. The first kappa shape index (κ1) is 23.9. The molecule has 0 saturated carbocycles. The summed E-state index contributed by atoms with van der Waals surface area (Å²) in [6, 6.07) is 4.90. The molecule has 1 aliphatic heterocycles. The molecule has 9 nitrogen and oxygen atoms in total. The van der Waals surface area contributed by atoms with Gasteiger partial charge >= 0.3 is 6.09 Å². The van der Waals surface area contributed by atoms with Gasteiger partial charge in [0.25, 0.3) is 5.91 Å². The van der Waals surface area contributed by atoms with E-state index >= 15 is 0 Å². The molecule has 1 aromatic carbocycles. The number of hydrogen-bond acceptors (Lipinski definition) is 6. The molecule has 0 aliphatic carbocycles. The minimum absolute atomic E-state index is 0.265. The van der Waals surface area contributed by atoms with Gasteiger partial charge in [0.1, 0.15) is 5.60 Å². The van der Waals surface area contributed by atoms with Crippen LogP contribution in [-0.2, 0) is 14.8 Å². The number of nitrogens with zero attached hydrogens (tertiary/aromatic N) is 2. The molecule has 1 aliphatic rings. The first-order valence-electron chi connectivity index (χ1n) is 9.91. The van der Waals surface area contributed by atoms with Crippen LogP contribution in [0.25, 0.3) is 0 Å². The number of hydrogen-bond donors (Lipinski definition) is 2. The van der Waals surface area contributed by atoms with Gasteiger partial charge in [-0.3, -0.25) is 14.4 Å². The Bertz CT molecular complexity index is 872. The van der Waals surface area contributed by atoms with Gasteiger partial charge in [-0.2, -0.15) is 0 Å². The molecular weight excluding hydrogens is 408 g/mol. The van der Waals surface area contributed by atoms with Crippen molar-refractivity contribution in [3.05, 3.63) is 29.3 Å². The number of carbonyl (C=O) groups is 2. The van der Waals surface area contributed by atoms with Gasteiger partial charge in [0, 0.05) is 44.8 Å². The summed E-state index contributed by atoms with van der Waals surface area (Å²) in [6.07, 6.45) is 0.773. The van der Waals surface area contributed by atoms with Crippen molar-refractivity contribution in [2.75, 3.05) is 50.2 Å². The van der Waals surface area contributed by atoms with E-state index in [4.69, 9.17) is 4.74 Å². The summed E-state index contributed by atoms with van der Waals surface area (Å²) in [5.41, 5.74) is 1.01. The first-order chi connectivity index (χ1) is 13.8. The Hall–Kier alpha value is -2.33. The molecule has 30 heavy (non-hydrogen) atoms. The van der Waals surface area contributed by atoms with Crippen LogP contribution in [0.4, 0.5) is 10.5 Å². The van der Waals surface area contributed by atoms with E-state index in [1.807, 2.05) is 20.8 Å². The average molecular weight is 441 g/mol. The van der Waals surface area contributed by atoms with Gasteiger partial charge in [-0.15, -0.1) is 0 Å². The minimum atomic E-state index is -3.42. The standard InChI is InChI=1S/C20H32N4O5S/c1-15-6-7-16(14-17(15)22-30(5,27)28)18(25)21-8-9-23-10-12-24(13-11-23)19(26)29-20(2,3)4/h6-7,14,22H,8-13H2,1-5H3,(H,21,25). The molecule has 0 aromatic heterocycles. The van der Waals surface area contributed by atoms with E-state index in [1.165, 1.54) is 6.07 Å². The molecule has 2 N–H and O–H groups in total. The number of aryl methyl sites for hydroxylation is 1. The van der Waals surface area contributed by atoms with Crippen LogP contribution >= 0.6 is 0 Å². The lowest BCUT2D eigenvalue weighted by molar-refractivity contribution is 0.0147. The molecule has 0 bridgehead atoms. The van der Waals surface area contributed by atoms with E-state index in [0.717, 1.165) is 11.8 Å². The summed E-state index contributed by atoms with van der Waals surface area (Å²) in [4.78, 5) is 28.4. The highest BCUT2D eigenvalue weighted by atomic mass is 32.2. The van der Waals surface area contributed by atoms with Gasteiger partial charge < -0.3 is 15.0 Å². The zero-order chi connectivity index (χ0) is 22.5. The highest BCUT2D eigenvalue weighted by molar-refractivity contribution is 7.92. The average Bonchev–Trinajstić information content (AvgIpc) is 2.61. The fourth-order valence-corrected chi connectivity index (χ4v) is 3.60. The molecule has 1 heterocycles. The number of rotatable bonds is 6. The summed E-state index contributed by atoms with van der Waals surface area (Å²) in [6.45, 7) is 11.0. The molecule has 2 rings (SSSR count). The maximum Gasteiger partial charge on any atom is 0.410 e. The third kappa shape index (κ3) is 7.83. The Morgan fingerprint density at radius 2 is 1.77 bits per heavy atom. The second-order valence-corrected chi connectivity index (χ2v) is 10.2. The molecule has 10 heteroatoms. The Labute approximate surface area is 178 Å². The van der Waals surface area contributed by atoms with E-state index in [-0.39, 0.29) is 12.0 Å². The molecule has 0 unspecified atom stereocenters. The summed E-state index contributed by atoms with van der Waals surface area (Å²) in [5.74, 6) is -0.265. The van der Waals surface area contributed by atoms with Gasteiger partial charge in [-0.1, -0.05) is 6.07 Å². The second kappa shape index (κ2) is 9.65. The van der Waals surface area contributed by atoms with E-state index in [1.54, 1.807) is 24.0 Å². The highest BCUT2D eigenvalue weighted by Crippen LogP contribution is 2.18. The summed E-state index contributed by atoms with van der Waals surface area (Å²) in [7, 11) is -3.42. The molecule has 2 amide bonds. The van der Waals surface area contributed by atoms with Crippen molar-refractivity contribution in [3.63, 3.8) is 0 Å². The molecule has 1 fully saturated rings. The normalized spacial score (nSPS) is 15.6. The van der Waals surface area contributed by atoms with Crippen LogP contribution in [0.15, 0.2) is 18.2 Å². The van der Waals surface area contributed by atoms with Crippen molar-refractivity contribution in [1.82, 2.24) is 15.1 Å². The van der Waals surface area contributed by atoms with Crippen molar-refractivity contribution < 1.29 is 22.7 Å². The predicted molar refractivity (Wildman–Crippen MR) is 116 cm³/mol. The smallest absolute Gasteiger partial charge is 0.410 e. The zero-order valence-electron chi connectivity index (χ0n) is 18.3. The van der Waals surface area contributed by atoms with Crippen molar-refractivity contribution in [3.8, 4) is 0 Å². The monoisotopic (exact) mass is 440 g/mol. The van der Waals surface area contributed by atoms with E-state index in [2.05, 4.69) is 14.9 Å². The van der Waals surface area contributed by atoms with Gasteiger partial charge in [0.05, 0.1) is 11.9 Å². The maximum atomic E-state index is 12.4. The van der Waals surface area contributed by atoms with Crippen LogP contribution in [0.1, 0.15) is 36.7 Å². The molecule has 1 saturated heterocycles. The van der Waals surface area contributed by atoms with E-state index < -0.39 is 15.6 Å². The van der Waals surface area contributed by atoms with E-state index in [0.29, 0.717) is 50.5 Å². The Morgan fingerprint density at radius 1 is 1.13 bits per heavy atom. The highest BCUT2D eigenvalue weighted by Gasteiger charge is 2.25. The van der Waals surface area contributed by atoms with Crippen molar-refractivity contribution in [2.24, 2.45) is 0 Å². The lowest BCUT2D eigenvalue weighted by Crippen LogP contribution is -2.51. The Morgan fingerprint density at radius 3 is 2.33 bits per heavy atom. The van der Waals surface area contributed by atoms with Crippen LogP contribution in [0.5, 0.6) is 0 Å².